The normalized spacial score (nSPS) is 15.3. The number of nitrogens with zero attached hydrogens (tertiary/aromatic N) is 4. The number of anilines is 1. The Bertz CT molecular complexity index is 670. The molecular formula is C18H22N4O2. The molecule has 1 aliphatic heterocycles. The van der Waals surface area contributed by atoms with Crippen molar-refractivity contribution in [2.24, 2.45) is 0 Å². The van der Waals surface area contributed by atoms with Gasteiger partial charge in [0.15, 0.2) is 11.6 Å². The van der Waals surface area contributed by atoms with Gasteiger partial charge in [-0.1, -0.05) is 30.3 Å². The van der Waals surface area contributed by atoms with Crippen LogP contribution < -0.4 is 9.64 Å². The number of piperazine rings is 1. The zero-order valence-electron chi connectivity index (χ0n) is 13.9. The topological polar surface area (TPSA) is 58.6 Å². The lowest BCUT2D eigenvalue weighted by atomic mass is 10.1. The van der Waals surface area contributed by atoms with E-state index in [0.717, 1.165) is 44.1 Å². The number of carbonyl (C=O) groups excluding carboxylic acids is 1. The summed E-state index contributed by atoms with van der Waals surface area (Å²) in [6.45, 7) is 4.38. The van der Waals surface area contributed by atoms with Crippen LogP contribution in [0, 0.1) is 0 Å². The lowest BCUT2D eigenvalue weighted by Crippen LogP contribution is -2.47. The first-order valence-electron chi connectivity index (χ1n) is 8.18. The molecule has 0 bridgehead atoms. The first kappa shape index (κ1) is 16.4. The van der Waals surface area contributed by atoms with Gasteiger partial charge in [0, 0.05) is 44.7 Å². The molecule has 0 aliphatic carbocycles. The van der Waals surface area contributed by atoms with Gasteiger partial charge in [-0.25, -0.2) is 0 Å². The minimum atomic E-state index is 0.205. The molecule has 0 amide bonds. The monoisotopic (exact) mass is 326 g/mol. The highest BCUT2D eigenvalue weighted by Gasteiger charge is 2.19. The van der Waals surface area contributed by atoms with Crippen molar-refractivity contribution in [2.45, 2.75) is 6.42 Å². The van der Waals surface area contributed by atoms with Crippen molar-refractivity contribution in [3.63, 3.8) is 0 Å². The van der Waals surface area contributed by atoms with Gasteiger partial charge in [-0.3, -0.25) is 14.7 Å². The number of ether oxygens (including phenoxy) is 1. The van der Waals surface area contributed by atoms with Crippen LogP contribution in [0.4, 0.5) is 5.82 Å². The highest BCUT2D eigenvalue weighted by molar-refractivity contribution is 5.96. The largest absolute Gasteiger partial charge is 0.480 e. The van der Waals surface area contributed by atoms with Crippen LogP contribution in [-0.2, 0) is 0 Å². The van der Waals surface area contributed by atoms with Gasteiger partial charge in [0.2, 0.25) is 5.88 Å². The van der Waals surface area contributed by atoms with Crippen LogP contribution in [-0.4, -0.2) is 60.5 Å². The van der Waals surface area contributed by atoms with Crippen LogP contribution in [0.15, 0.2) is 42.7 Å². The number of ketones is 1. The van der Waals surface area contributed by atoms with Gasteiger partial charge < -0.3 is 9.64 Å². The van der Waals surface area contributed by atoms with E-state index in [2.05, 4.69) is 19.8 Å². The number of benzene rings is 1. The Morgan fingerprint density at radius 3 is 2.58 bits per heavy atom. The summed E-state index contributed by atoms with van der Waals surface area (Å²) >= 11 is 0. The standard InChI is InChI=1S/C18H22N4O2/c1-24-18-14-19-13-17(20-18)22-11-9-21(10-12-22)8-7-16(23)15-5-3-2-4-6-15/h2-6,13-14H,7-12H2,1H3. The molecule has 6 nitrogen and oxygen atoms in total. The number of methoxy groups -OCH3 is 1. The van der Waals surface area contributed by atoms with Crippen LogP contribution in [0.1, 0.15) is 16.8 Å². The molecule has 0 radical (unpaired) electrons. The summed E-state index contributed by atoms with van der Waals surface area (Å²) in [6, 6.07) is 9.49. The number of carbonyl (C=O) groups is 1. The second-order valence-corrected chi connectivity index (χ2v) is 5.79. The molecule has 0 saturated carbocycles. The average Bonchev–Trinajstić information content (AvgIpc) is 2.67. The first-order chi connectivity index (χ1) is 11.8. The van der Waals surface area contributed by atoms with Gasteiger partial charge in [-0.2, -0.15) is 4.98 Å². The maximum Gasteiger partial charge on any atom is 0.233 e. The molecule has 0 unspecified atom stereocenters. The highest BCUT2D eigenvalue weighted by Crippen LogP contribution is 2.16. The number of rotatable bonds is 6. The zero-order valence-corrected chi connectivity index (χ0v) is 13.9. The van der Waals surface area contributed by atoms with Crippen molar-refractivity contribution in [2.75, 3.05) is 44.7 Å². The van der Waals surface area contributed by atoms with Crippen molar-refractivity contribution in [3.8, 4) is 5.88 Å². The number of Topliss-reactive ketones (excluding diaryl/α,β-unsaturated/α-hetero) is 1. The lowest BCUT2D eigenvalue weighted by molar-refractivity contribution is 0.0962. The fourth-order valence-electron chi connectivity index (χ4n) is 2.82. The minimum absolute atomic E-state index is 0.205. The quantitative estimate of drug-likeness (QED) is 0.756. The molecule has 1 fully saturated rings. The van der Waals surface area contributed by atoms with Gasteiger partial charge >= 0.3 is 0 Å². The van der Waals surface area contributed by atoms with E-state index in [-0.39, 0.29) is 5.78 Å². The van der Waals surface area contributed by atoms with Crippen molar-refractivity contribution in [1.29, 1.82) is 0 Å². The van der Waals surface area contributed by atoms with Crippen molar-refractivity contribution < 1.29 is 9.53 Å². The van der Waals surface area contributed by atoms with E-state index in [9.17, 15) is 4.79 Å². The zero-order chi connectivity index (χ0) is 16.8. The van der Waals surface area contributed by atoms with E-state index < -0.39 is 0 Å². The number of hydrogen-bond donors (Lipinski definition) is 0. The lowest BCUT2D eigenvalue weighted by Gasteiger charge is -2.35. The summed E-state index contributed by atoms with van der Waals surface area (Å²) in [6.07, 6.45) is 3.93. The molecule has 0 atom stereocenters. The second kappa shape index (κ2) is 7.88. The third kappa shape index (κ3) is 4.08. The Balaban J connectivity index is 1.47. The Labute approximate surface area is 142 Å². The highest BCUT2D eigenvalue weighted by atomic mass is 16.5. The predicted molar refractivity (Wildman–Crippen MR) is 92.6 cm³/mol. The molecule has 1 aromatic carbocycles. The van der Waals surface area contributed by atoms with Gasteiger partial charge in [0.1, 0.15) is 0 Å². The number of aromatic nitrogens is 2. The maximum absolute atomic E-state index is 12.2. The van der Waals surface area contributed by atoms with E-state index >= 15 is 0 Å². The summed E-state index contributed by atoms with van der Waals surface area (Å²) in [5.41, 5.74) is 0.794. The molecule has 3 rings (SSSR count). The van der Waals surface area contributed by atoms with Crippen LogP contribution in [0.5, 0.6) is 5.88 Å². The molecule has 1 saturated heterocycles. The fourth-order valence-corrected chi connectivity index (χ4v) is 2.82. The van der Waals surface area contributed by atoms with E-state index in [1.807, 2.05) is 30.3 Å². The smallest absolute Gasteiger partial charge is 0.233 e. The average molecular weight is 326 g/mol. The SMILES string of the molecule is COc1cncc(N2CCN(CCC(=O)c3ccccc3)CC2)n1. The molecule has 0 spiro atoms. The summed E-state index contributed by atoms with van der Waals surface area (Å²) in [5, 5.41) is 0. The summed E-state index contributed by atoms with van der Waals surface area (Å²) in [4.78, 5) is 25.3. The summed E-state index contributed by atoms with van der Waals surface area (Å²) < 4.78 is 5.13. The van der Waals surface area contributed by atoms with Gasteiger partial charge in [0.25, 0.3) is 0 Å². The fraction of sp³-hybridized carbons (Fsp3) is 0.389. The van der Waals surface area contributed by atoms with E-state index in [4.69, 9.17) is 4.74 Å². The van der Waals surface area contributed by atoms with E-state index in [0.29, 0.717) is 12.3 Å². The van der Waals surface area contributed by atoms with Crippen LogP contribution >= 0.6 is 0 Å². The molecule has 1 aliphatic rings. The van der Waals surface area contributed by atoms with Gasteiger partial charge in [-0.05, 0) is 0 Å². The van der Waals surface area contributed by atoms with E-state index in [1.165, 1.54) is 0 Å². The Hall–Kier alpha value is -2.47. The van der Waals surface area contributed by atoms with Crippen LogP contribution in [0.25, 0.3) is 0 Å². The molecular weight excluding hydrogens is 304 g/mol. The Morgan fingerprint density at radius 2 is 1.88 bits per heavy atom. The molecule has 126 valence electrons. The van der Waals surface area contributed by atoms with E-state index in [1.54, 1.807) is 19.5 Å². The first-order valence-corrected chi connectivity index (χ1v) is 8.18. The van der Waals surface area contributed by atoms with Gasteiger partial charge in [0.05, 0.1) is 19.5 Å². The molecule has 0 N–H and O–H groups in total. The molecule has 1 aromatic heterocycles. The Kier molecular flexibility index (Phi) is 5.38. The molecule has 2 aromatic rings. The Morgan fingerprint density at radius 1 is 1.12 bits per heavy atom. The van der Waals surface area contributed by atoms with Gasteiger partial charge in [-0.15, -0.1) is 0 Å². The minimum Gasteiger partial charge on any atom is -0.480 e. The van der Waals surface area contributed by atoms with Crippen molar-refractivity contribution >= 4 is 11.6 Å². The van der Waals surface area contributed by atoms with Crippen LogP contribution in [0.3, 0.4) is 0 Å². The molecule has 6 heteroatoms. The van der Waals surface area contributed by atoms with Crippen LogP contribution in [0.2, 0.25) is 0 Å². The second-order valence-electron chi connectivity index (χ2n) is 5.79. The summed E-state index contributed by atoms with van der Waals surface area (Å²) in [5.74, 6) is 1.58. The number of hydrogen-bond acceptors (Lipinski definition) is 6. The third-order valence-corrected chi connectivity index (χ3v) is 4.26. The van der Waals surface area contributed by atoms with Crippen molar-refractivity contribution in [1.82, 2.24) is 14.9 Å². The summed E-state index contributed by atoms with van der Waals surface area (Å²) in [7, 11) is 1.59. The predicted octanol–water partition coefficient (Wildman–Crippen LogP) is 1.88. The molecule has 24 heavy (non-hydrogen) atoms. The third-order valence-electron chi connectivity index (χ3n) is 4.26. The molecule has 2 heterocycles. The maximum atomic E-state index is 12.2. The van der Waals surface area contributed by atoms with Crippen molar-refractivity contribution in [3.05, 3.63) is 48.3 Å².